The molecule has 0 radical (unpaired) electrons. The molecular formula is C14H12N2O2. The van der Waals surface area contributed by atoms with Crippen molar-refractivity contribution >= 4 is 23.3 Å². The topological polar surface area (TPSA) is 76.2 Å². The van der Waals surface area contributed by atoms with E-state index in [1.165, 1.54) is 0 Å². The summed E-state index contributed by atoms with van der Waals surface area (Å²) in [5, 5.41) is 9.24. The van der Waals surface area contributed by atoms with Crippen LogP contribution in [0.15, 0.2) is 48.8 Å². The summed E-state index contributed by atoms with van der Waals surface area (Å²) in [6.07, 6.45) is 4.84. The Balaban J connectivity index is 2.44. The second-order valence-electron chi connectivity index (χ2n) is 3.77. The molecule has 0 aliphatic carbocycles. The van der Waals surface area contributed by atoms with Gasteiger partial charge in [-0.25, -0.2) is 4.79 Å². The van der Waals surface area contributed by atoms with Crippen molar-refractivity contribution in [2.24, 2.45) is 0 Å². The number of carbonyl (C=O) groups is 1. The molecule has 0 unspecified atom stereocenters. The van der Waals surface area contributed by atoms with Crippen LogP contribution in [-0.2, 0) is 4.79 Å². The quantitative estimate of drug-likeness (QED) is 0.637. The Morgan fingerprint density at radius 3 is 2.50 bits per heavy atom. The van der Waals surface area contributed by atoms with Crippen LogP contribution in [0.2, 0.25) is 0 Å². The minimum Gasteiger partial charge on any atom is -0.478 e. The molecule has 0 atom stereocenters. The van der Waals surface area contributed by atoms with Crippen molar-refractivity contribution in [3.05, 3.63) is 59.9 Å². The van der Waals surface area contributed by atoms with Gasteiger partial charge in [0.25, 0.3) is 0 Å². The number of nitrogens with two attached hydrogens (primary N) is 1. The maximum absolute atomic E-state index is 11.3. The molecular weight excluding hydrogens is 228 g/mol. The first-order valence-electron chi connectivity index (χ1n) is 5.38. The average molecular weight is 240 g/mol. The highest BCUT2D eigenvalue weighted by atomic mass is 16.4. The Morgan fingerprint density at radius 2 is 1.94 bits per heavy atom. The van der Waals surface area contributed by atoms with Gasteiger partial charge in [-0.05, 0) is 35.4 Å². The van der Waals surface area contributed by atoms with E-state index in [0.717, 1.165) is 5.56 Å². The number of anilines is 1. The molecule has 4 heteroatoms. The number of aromatic nitrogens is 1. The third-order valence-corrected chi connectivity index (χ3v) is 2.45. The standard InChI is InChI=1S/C14H12N2O2/c15-12-5-3-11(4-6-12)13(14(17)18)8-10-2-1-7-16-9-10/h1-9H,15H2,(H,17,18)/b13-8-. The minimum atomic E-state index is -0.983. The monoisotopic (exact) mass is 240 g/mol. The molecule has 0 fully saturated rings. The number of nitrogens with zero attached hydrogens (tertiary/aromatic N) is 1. The Labute approximate surface area is 104 Å². The normalized spacial score (nSPS) is 11.2. The van der Waals surface area contributed by atoms with Crippen LogP contribution >= 0.6 is 0 Å². The summed E-state index contributed by atoms with van der Waals surface area (Å²) in [6.45, 7) is 0. The number of carboxylic acid groups (broad SMARTS) is 1. The van der Waals surface area contributed by atoms with Crippen molar-refractivity contribution in [1.29, 1.82) is 0 Å². The van der Waals surface area contributed by atoms with Crippen LogP contribution in [0, 0.1) is 0 Å². The predicted octanol–water partition coefficient (Wildman–Crippen LogP) is 2.29. The molecule has 2 aromatic rings. The van der Waals surface area contributed by atoms with E-state index in [2.05, 4.69) is 4.98 Å². The molecule has 3 N–H and O–H groups in total. The minimum absolute atomic E-state index is 0.211. The number of nitrogen functional groups attached to an aromatic ring is 1. The van der Waals surface area contributed by atoms with E-state index in [-0.39, 0.29) is 5.57 Å². The zero-order valence-corrected chi connectivity index (χ0v) is 9.58. The Bertz CT molecular complexity index is 575. The first kappa shape index (κ1) is 11.9. The lowest BCUT2D eigenvalue weighted by Crippen LogP contribution is -2.00. The summed E-state index contributed by atoms with van der Waals surface area (Å²) in [6, 6.07) is 10.3. The van der Waals surface area contributed by atoms with Crippen LogP contribution in [-0.4, -0.2) is 16.1 Å². The molecule has 90 valence electrons. The smallest absolute Gasteiger partial charge is 0.336 e. The molecule has 1 aromatic carbocycles. The molecule has 1 heterocycles. The van der Waals surface area contributed by atoms with E-state index in [1.54, 1.807) is 54.9 Å². The summed E-state index contributed by atoms with van der Waals surface area (Å²) in [5.74, 6) is -0.983. The third-order valence-electron chi connectivity index (χ3n) is 2.45. The van der Waals surface area contributed by atoms with Crippen LogP contribution < -0.4 is 5.73 Å². The molecule has 18 heavy (non-hydrogen) atoms. The molecule has 4 nitrogen and oxygen atoms in total. The summed E-state index contributed by atoms with van der Waals surface area (Å²) in [4.78, 5) is 15.2. The molecule has 0 amide bonds. The largest absolute Gasteiger partial charge is 0.478 e. The van der Waals surface area contributed by atoms with Gasteiger partial charge in [0.15, 0.2) is 0 Å². The second-order valence-corrected chi connectivity index (χ2v) is 3.77. The molecule has 0 aliphatic rings. The van der Waals surface area contributed by atoms with E-state index in [1.807, 2.05) is 0 Å². The highest BCUT2D eigenvalue weighted by molar-refractivity contribution is 6.20. The second kappa shape index (κ2) is 5.14. The van der Waals surface area contributed by atoms with Crippen LogP contribution in [0.25, 0.3) is 11.6 Å². The summed E-state index contributed by atoms with van der Waals surface area (Å²) < 4.78 is 0. The molecule has 2 rings (SSSR count). The van der Waals surface area contributed by atoms with Gasteiger partial charge in [0.1, 0.15) is 0 Å². The first-order valence-corrected chi connectivity index (χ1v) is 5.38. The number of hydrogen-bond acceptors (Lipinski definition) is 3. The van der Waals surface area contributed by atoms with Crippen molar-refractivity contribution in [3.63, 3.8) is 0 Å². The Hall–Kier alpha value is -2.62. The van der Waals surface area contributed by atoms with Crippen LogP contribution in [0.5, 0.6) is 0 Å². The highest BCUT2D eigenvalue weighted by Gasteiger charge is 2.10. The SMILES string of the molecule is Nc1ccc(/C(=C/c2cccnc2)C(=O)O)cc1. The number of hydrogen-bond donors (Lipinski definition) is 2. The van der Waals surface area contributed by atoms with Gasteiger partial charge in [0, 0.05) is 18.1 Å². The zero-order valence-electron chi connectivity index (χ0n) is 9.58. The number of rotatable bonds is 3. The highest BCUT2D eigenvalue weighted by Crippen LogP contribution is 2.19. The van der Waals surface area contributed by atoms with E-state index in [0.29, 0.717) is 11.3 Å². The van der Waals surface area contributed by atoms with Crippen molar-refractivity contribution in [2.75, 3.05) is 5.73 Å². The van der Waals surface area contributed by atoms with E-state index in [4.69, 9.17) is 5.73 Å². The number of pyridine rings is 1. The summed E-state index contributed by atoms with van der Waals surface area (Å²) >= 11 is 0. The van der Waals surface area contributed by atoms with Gasteiger partial charge >= 0.3 is 5.97 Å². The van der Waals surface area contributed by atoms with Gasteiger partial charge in [-0.3, -0.25) is 4.98 Å². The third kappa shape index (κ3) is 2.74. The van der Waals surface area contributed by atoms with Gasteiger partial charge in [-0.1, -0.05) is 18.2 Å². The van der Waals surface area contributed by atoms with Crippen molar-refractivity contribution in [3.8, 4) is 0 Å². The van der Waals surface area contributed by atoms with Crippen molar-refractivity contribution in [1.82, 2.24) is 4.98 Å². The fraction of sp³-hybridized carbons (Fsp3) is 0. The fourth-order valence-electron chi connectivity index (χ4n) is 1.56. The molecule has 0 bridgehead atoms. The molecule has 0 aliphatic heterocycles. The van der Waals surface area contributed by atoms with Gasteiger partial charge < -0.3 is 10.8 Å². The summed E-state index contributed by atoms with van der Waals surface area (Å²) in [5.41, 5.74) is 7.75. The van der Waals surface area contributed by atoms with Crippen LogP contribution in [0.3, 0.4) is 0 Å². The van der Waals surface area contributed by atoms with E-state index in [9.17, 15) is 9.90 Å². The lowest BCUT2D eigenvalue weighted by atomic mass is 10.0. The fourth-order valence-corrected chi connectivity index (χ4v) is 1.56. The average Bonchev–Trinajstić information content (AvgIpc) is 2.38. The number of benzene rings is 1. The maximum Gasteiger partial charge on any atom is 0.336 e. The molecule has 0 saturated heterocycles. The molecule has 0 saturated carbocycles. The number of aliphatic carboxylic acids is 1. The molecule has 1 aromatic heterocycles. The molecule has 0 spiro atoms. The predicted molar refractivity (Wildman–Crippen MR) is 70.6 cm³/mol. The van der Waals surface area contributed by atoms with Gasteiger partial charge in [-0.15, -0.1) is 0 Å². The Morgan fingerprint density at radius 1 is 1.22 bits per heavy atom. The van der Waals surface area contributed by atoms with E-state index >= 15 is 0 Å². The van der Waals surface area contributed by atoms with Gasteiger partial charge in [-0.2, -0.15) is 0 Å². The van der Waals surface area contributed by atoms with Crippen molar-refractivity contribution in [2.45, 2.75) is 0 Å². The number of carboxylic acids is 1. The Kier molecular flexibility index (Phi) is 3.38. The lowest BCUT2D eigenvalue weighted by Gasteiger charge is -2.03. The van der Waals surface area contributed by atoms with Gasteiger partial charge in [0.2, 0.25) is 0 Å². The van der Waals surface area contributed by atoms with Crippen LogP contribution in [0.4, 0.5) is 5.69 Å². The zero-order chi connectivity index (χ0) is 13.0. The first-order chi connectivity index (χ1) is 8.66. The van der Waals surface area contributed by atoms with Crippen molar-refractivity contribution < 1.29 is 9.90 Å². The summed E-state index contributed by atoms with van der Waals surface area (Å²) in [7, 11) is 0. The van der Waals surface area contributed by atoms with Crippen LogP contribution in [0.1, 0.15) is 11.1 Å². The van der Waals surface area contributed by atoms with E-state index < -0.39 is 5.97 Å². The maximum atomic E-state index is 11.3. The van der Waals surface area contributed by atoms with Gasteiger partial charge in [0.05, 0.1) is 5.57 Å². The lowest BCUT2D eigenvalue weighted by molar-refractivity contribution is -0.130.